The summed E-state index contributed by atoms with van der Waals surface area (Å²) in [5, 5.41) is 11.6. The van der Waals surface area contributed by atoms with Crippen molar-refractivity contribution in [2.24, 2.45) is 5.92 Å². The summed E-state index contributed by atoms with van der Waals surface area (Å²) in [4.78, 5) is 8.98. The molecule has 0 amide bonds. The molecule has 3 aromatic heterocycles. The number of rotatable bonds is 6. The fourth-order valence-electron chi connectivity index (χ4n) is 3.91. The average molecular weight is 441 g/mol. The van der Waals surface area contributed by atoms with Gasteiger partial charge in [-0.2, -0.15) is 9.61 Å². The van der Waals surface area contributed by atoms with Crippen LogP contribution in [0, 0.1) is 5.92 Å². The van der Waals surface area contributed by atoms with Gasteiger partial charge in [0.2, 0.25) is 0 Å². The van der Waals surface area contributed by atoms with Crippen molar-refractivity contribution < 1.29 is 0 Å². The van der Waals surface area contributed by atoms with Crippen LogP contribution >= 0.6 is 15.9 Å². The van der Waals surface area contributed by atoms with Crippen LogP contribution in [-0.2, 0) is 6.54 Å². The van der Waals surface area contributed by atoms with Crippen LogP contribution in [0.5, 0.6) is 0 Å². The molecule has 0 bridgehead atoms. The minimum atomic E-state index is 0.370. The van der Waals surface area contributed by atoms with Gasteiger partial charge in [0, 0.05) is 31.0 Å². The molecule has 3 aromatic rings. The van der Waals surface area contributed by atoms with E-state index in [2.05, 4.69) is 56.2 Å². The molecule has 3 heterocycles. The highest BCUT2D eigenvalue weighted by Crippen LogP contribution is 2.32. The summed E-state index contributed by atoms with van der Waals surface area (Å²) in [7, 11) is 0. The van der Waals surface area contributed by atoms with Gasteiger partial charge in [-0.05, 0) is 53.2 Å². The Hall–Kier alpha value is -2.41. The zero-order valence-electron chi connectivity index (χ0n) is 16.0. The average Bonchev–Trinajstić information content (AvgIpc) is 3.08. The van der Waals surface area contributed by atoms with Crippen LogP contribution in [0.2, 0.25) is 0 Å². The van der Waals surface area contributed by atoms with Gasteiger partial charge in [-0.15, -0.1) is 0 Å². The molecule has 0 spiro atoms. The molecule has 2 N–H and O–H groups in total. The summed E-state index contributed by atoms with van der Waals surface area (Å²) in [6.07, 6.45) is 10.3. The molecule has 146 valence electrons. The third kappa shape index (κ3) is 4.04. The number of anilines is 2. The van der Waals surface area contributed by atoms with Crippen LogP contribution < -0.4 is 10.6 Å². The van der Waals surface area contributed by atoms with Gasteiger partial charge in [-0.1, -0.05) is 31.1 Å². The van der Waals surface area contributed by atoms with Gasteiger partial charge in [0.05, 0.1) is 10.7 Å². The lowest BCUT2D eigenvalue weighted by Gasteiger charge is -2.33. The first-order valence-electron chi connectivity index (χ1n) is 9.71. The number of fused-ring (bicyclic) bond motifs is 1. The van der Waals surface area contributed by atoms with Crippen molar-refractivity contribution in [2.75, 3.05) is 10.6 Å². The number of hydrogen-bond donors (Lipinski definition) is 2. The van der Waals surface area contributed by atoms with E-state index in [0.717, 1.165) is 33.7 Å². The Morgan fingerprint density at radius 2 is 2.18 bits per heavy atom. The molecule has 4 rings (SSSR count). The normalized spacial score (nSPS) is 19.5. The molecule has 6 nitrogen and oxygen atoms in total. The van der Waals surface area contributed by atoms with Gasteiger partial charge in [-0.3, -0.25) is 4.98 Å². The molecule has 0 radical (unpaired) electrons. The molecule has 1 fully saturated rings. The van der Waals surface area contributed by atoms with E-state index in [1.54, 1.807) is 12.4 Å². The molecule has 0 saturated heterocycles. The second-order valence-corrected chi connectivity index (χ2v) is 8.31. The smallest absolute Gasteiger partial charge is 0.173 e. The predicted octanol–water partition coefficient (Wildman–Crippen LogP) is 5.05. The highest BCUT2D eigenvalue weighted by atomic mass is 79.9. The van der Waals surface area contributed by atoms with E-state index >= 15 is 0 Å². The summed E-state index contributed by atoms with van der Waals surface area (Å²) in [6, 6.07) is 6.40. The number of aromatic nitrogens is 4. The van der Waals surface area contributed by atoms with Crippen molar-refractivity contribution in [1.29, 1.82) is 0 Å². The molecule has 0 unspecified atom stereocenters. The third-order valence-corrected chi connectivity index (χ3v) is 5.92. The SMILES string of the molecule is C=C(C)[C@H]1CCCC[C@H]1Nc1cc(NCc2cccnc2)n2ncc(Br)c2n1. The molecular weight excluding hydrogens is 416 g/mol. The lowest BCUT2D eigenvalue weighted by atomic mass is 9.80. The first kappa shape index (κ1) is 18.9. The quantitative estimate of drug-likeness (QED) is 0.525. The van der Waals surface area contributed by atoms with Gasteiger partial charge in [0.15, 0.2) is 5.65 Å². The van der Waals surface area contributed by atoms with Crippen molar-refractivity contribution in [3.8, 4) is 0 Å². The number of nitrogens with zero attached hydrogens (tertiary/aromatic N) is 4. The molecule has 2 atom stereocenters. The van der Waals surface area contributed by atoms with Crippen LogP contribution in [-0.4, -0.2) is 25.6 Å². The maximum atomic E-state index is 4.80. The molecule has 0 aromatic carbocycles. The Kier molecular flexibility index (Phi) is 5.62. The summed E-state index contributed by atoms with van der Waals surface area (Å²) < 4.78 is 2.70. The van der Waals surface area contributed by atoms with Crippen LogP contribution in [0.15, 0.2) is 53.4 Å². The van der Waals surface area contributed by atoms with Crippen LogP contribution in [0.4, 0.5) is 11.6 Å². The van der Waals surface area contributed by atoms with Crippen molar-refractivity contribution >= 4 is 33.2 Å². The Labute approximate surface area is 173 Å². The molecule has 1 aliphatic carbocycles. The van der Waals surface area contributed by atoms with Gasteiger partial charge < -0.3 is 10.6 Å². The van der Waals surface area contributed by atoms with Crippen molar-refractivity contribution in [2.45, 2.75) is 45.2 Å². The number of pyridine rings is 1. The zero-order chi connectivity index (χ0) is 19.5. The third-order valence-electron chi connectivity index (χ3n) is 5.36. The van der Waals surface area contributed by atoms with E-state index in [1.165, 1.54) is 24.8 Å². The molecule has 7 heteroatoms. The van der Waals surface area contributed by atoms with Crippen LogP contribution in [0.25, 0.3) is 5.65 Å². The Bertz CT molecular complexity index is 968. The van der Waals surface area contributed by atoms with Crippen LogP contribution in [0.1, 0.15) is 38.2 Å². The number of halogens is 1. The lowest BCUT2D eigenvalue weighted by Crippen LogP contribution is -2.33. The lowest BCUT2D eigenvalue weighted by molar-refractivity contribution is 0.366. The van der Waals surface area contributed by atoms with Crippen LogP contribution in [0.3, 0.4) is 0 Å². The van der Waals surface area contributed by atoms with E-state index in [9.17, 15) is 0 Å². The minimum Gasteiger partial charge on any atom is -0.367 e. The van der Waals surface area contributed by atoms with E-state index in [4.69, 9.17) is 4.98 Å². The Balaban J connectivity index is 1.61. The van der Waals surface area contributed by atoms with Gasteiger partial charge in [0.25, 0.3) is 0 Å². The van der Waals surface area contributed by atoms with Gasteiger partial charge in [0.1, 0.15) is 11.6 Å². The van der Waals surface area contributed by atoms with Crippen molar-refractivity contribution in [1.82, 2.24) is 19.6 Å². The first-order valence-corrected chi connectivity index (χ1v) is 10.5. The summed E-state index contributed by atoms with van der Waals surface area (Å²) in [6.45, 7) is 7.01. The number of hydrogen-bond acceptors (Lipinski definition) is 5. The number of nitrogens with one attached hydrogen (secondary N) is 2. The minimum absolute atomic E-state index is 0.370. The monoisotopic (exact) mass is 440 g/mol. The Morgan fingerprint density at radius 3 is 2.96 bits per heavy atom. The molecule has 0 aliphatic heterocycles. The summed E-state index contributed by atoms with van der Waals surface area (Å²) in [5.41, 5.74) is 3.16. The summed E-state index contributed by atoms with van der Waals surface area (Å²) in [5.74, 6) is 2.25. The highest BCUT2D eigenvalue weighted by molar-refractivity contribution is 9.10. The molecule has 28 heavy (non-hydrogen) atoms. The zero-order valence-corrected chi connectivity index (χ0v) is 17.6. The largest absolute Gasteiger partial charge is 0.367 e. The molecule has 1 saturated carbocycles. The second-order valence-electron chi connectivity index (χ2n) is 7.46. The van der Waals surface area contributed by atoms with Gasteiger partial charge in [-0.25, -0.2) is 4.98 Å². The predicted molar refractivity (Wildman–Crippen MR) is 116 cm³/mol. The fourth-order valence-corrected chi connectivity index (χ4v) is 4.26. The topological polar surface area (TPSA) is 67.1 Å². The van der Waals surface area contributed by atoms with E-state index in [1.807, 2.05) is 22.8 Å². The highest BCUT2D eigenvalue weighted by Gasteiger charge is 2.26. The van der Waals surface area contributed by atoms with Gasteiger partial charge >= 0.3 is 0 Å². The maximum absolute atomic E-state index is 4.80. The second kappa shape index (κ2) is 8.31. The summed E-state index contributed by atoms with van der Waals surface area (Å²) >= 11 is 3.57. The van der Waals surface area contributed by atoms with Crippen molar-refractivity contribution in [3.05, 3.63) is 59.0 Å². The maximum Gasteiger partial charge on any atom is 0.173 e. The Morgan fingerprint density at radius 1 is 1.32 bits per heavy atom. The van der Waals surface area contributed by atoms with E-state index < -0.39 is 0 Å². The van der Waals surface area contributed by atoms with Crippen molar-refractivity contribution in [3.63, 3.8) is 0 Å². The standard InChI is InChI=1S/C21H25BrN6/c1-14(2)16-7-3-4-8-18(16)26-19-10-20(24-12-15-6-5-9-23-11-15)28-21(27-19)17(22)13-25-28/h5-6,9-11,13,16,18,24H,1,3-4,7-8,12H2,2H3,(H,26,27)/t16-,18-/m1/s1. The first-order chi connectivity index (χ1) is 13.6. The van der Waals surface area contributed by atoms with E-state index in [0.29, 0.717) is 18.5 Å². The molecular formula is C21H25BrN6. The van der Waals surface area contributed by atoms with E-state index in [-0.39, 0.29) is 0 Å². The molecule has 1 aliphatic rings. The fraction of sp³-hybridized carbons (Fsp3) is 0.381.